The Labute approximate surface area is 109 Å². The molecule has 1 heterocycles. The number of pyridine rings is 1. The Kier molecular flexibility index (Phi) is 3.85. The maximum atomic E-state index is 5.99. The van der Waals surface area contributed by atoms with Crippen molar-refractivity contribution in [2.75, 3.05) is 6.61 Å². The third-order valence-electron chi connectivity index (χ3n) is 3.31. The summed E-state index contributed by atoms with van der Waals surface area (Å²) in [4.78, 5) is 4.63. The molecule has 2 nitrogen and oxygen atoms in total. The first-order valence-electron chi connectivity index (χ1n) is 6.64. The van der Waals surface area contributed by atoms with E-state index in [1.807, 2.05) is 6.92 Å². The van der Waals surface area contributed by atoms with Gasteiger partial charge in [0.15, 0.2) is 0 Å². The van der Waals surface area contributed by atoms with E-state index in [-0.39, 0.29) is 0 Å². The number of unbranched alkanes of at least 4 members (excludes halogenated alkanes) is 1. The van der Waals surface area contributed by atoms with Crippen LogP contribution in [0.5, 0.6) is 5.75 Å². The van der Waals surface area contributed by atoms with Crippen LogP contribution in [0.3, 0.4) is 0 Å². The van der Waals surface area contributed by atoms with E-state index < -0.39 is 0 Å². The lowest BCUT2D eigenvalue weighted by atomic mass is 10.1. The Morgan fingerprint density at radius 3 is 2.67 bits per heavy atom. The fourth-order valence-corrected chi connectivity index (χ4v) is 2.06. The normalized spacial score (nSPS) is 10.9. The molecule has 0 saturated carbocycles. The number of rotatable bonds is 4. The lowest BCUT2D eigenvalue weighted by Gasteiger charge is -2.14. The van der Waals surface area contributed by atoms with Crippen molar-refractivity contribution in [3.05, 3.63) is 35.0 Å². The maximum Gasteiger partial charge on any atom is 0.133 e. The van der Waals surface area contributed by atoms with Gasteiger partial charge in [0.1, 0.15) is 5.75 Å². The van der Waals surface area contributed by atoms with Crippen molar-refractivity contribution in [1.82, 2.24) is 4.98 Å². The van der Waals surface area contributed by atoms with Gasteiger partial charge in [0.2, 0.25) is 0 Å². The zero-order valence-electron chi connectivity index (χ0n) is 11.7. The van der Waals surface area contributed by atoms with Crippen LogP contribution in [0.1, 0.15) is 36.6 Å². The van der Waals surface area contributed by atoms with E-state index in [1.54, 1.807) is 0 Å². The monoisotopic (exact) mass is 243 g/mol. The molecule has 2 rings (SSSR count). The number of nitrogens with zero attached hydrogens (tertiary/aromatic N) is 1. The second-order valence-corrected chi connectivity index (χ2v) is 4.87. The molecule has 18 heavy (non-hydrogen) atoms. The standard InChI is InChI=1S/C16H21NO/c1-5-6-9-18-16-12(3)13(4)17-15-8-7-11(2)10-14(15)16/h7-8,10H,5-6,9H2,1-4H3. The van der Waals surface area contributed by atoms with Crippen molar-refractivity contribution in [3.8, 4) is 5.75 Å². The van der Waals surface area contributed by atoms with Crippen LogP contribution >= 0.6 is 0 Å². The Morgan fingerprint density at radius 1 is 1.17 bits per heavy atom. The van der Waals surface area contributed by atoms with E-state index in [0.29, 0.717) is 0 Å². The highest BCUT2D eigenvalue weighted by molar-refractivity contribution is 5.87. The molecule has 0 amide bonds. The topological polar surface area (TPSA) is 22.1 Å². The lowest BCUT2D eigenvalue weighted by Crippen LogP contribution is -2.02. The minimum atomic E-state index is 0.782. The van der Waals surface area contributed by atoms with E-state index in [9.17, 15) is 0 Å². The molecule has 96 valence electrons. The van der Waals surface area contributed by atoms with Gasteiger partial charge in [-0.15, -0.1) is 0 Å². The van der Waals surface area contributed by atoms with Gasteiger partial charge in [0.25, 0.3) is 0 Å². The molecule has 2 aromatic rings. The molecule has 2 heteroatoms. The maximum absolute atomic E-state index is 5.99. The highest BCUT2D eigenvalue weighted by Gasteiger charge is 2.10. The van der Waals surface area contributed by atoms with Crippen molar-refractivity contribution in [2.24, 2.45) is 0 Å². The van der Waals surface area contributed by atoms with E-state index in [0.717, 1.165) is 47.4 Å². The smallest absolute Gasteiger partial charge is 0.133 e. The fourth-order valence-electron chi connectivity index (χ4n) is 2.06. The van der Waals surface area contributed by atoms with Gasteiger partial charge in [-0.2, -0.15) is 0 Å². The third kappa shape index (κ3) is 2.47. The number of aryl methyl sites for hydroxylation is 2. The van der Waals surface area contributed by atoms with Crippen molar-refractivity contribution in [3.63, 3.8) is 0 Å². The molecule has 0 bridgehead atoms. The molecule has 0 unspecified atom stereocenters. The summed E-state index contributed by atoms with van der Waals surface area (Å²) in [6, 6.07) is 6.33. The van der Waals surface area contributed by atoms with Gasteiger partial charge >= 0.3 is 0 Å². The van der Waals surface area contributed by atoms with E-state index in [4.69, 9.17) is 4.74 Å². The molecule has 1 aromatic carbocycles. The van der Waals surface area contributed by atoms with Crippen LogP contribution in [0.2, 0.25) is 0 Å². The number of aromatic nitrogens is 1. The van der Waals surface area contributed by atoms with Crippen LogP contribution in [-0.4, -0.2) is 11.6 Å². The Bertz CT molecular complexity index is 561. The minimum Gasteiger partial charge on any atom is -0.493 e. The van der Waals surface area contributed by atoms with Gasteiger partial charge in [0.05, 0.1) is 12.1 Å². The molecule has 0 saturated heterocycles. The van der Waals surface area contributed by atoms with Crippen LogP contribution in [-0.2, 0) is 0 Å². The molecule has 0 radical (unpaired) electrons. The average molecular weight is 243 g/mol. The quantitative estimate of drug-likeness (QED) is 0.745. The summed E-state index contributed by atoms with van der Waals surface area (Å²) < 4.78 is 5.99. The third-order valence-corrected chi connectivity index (χ3v) is 3.31. The number of hydrogen-bond acceptors (Lipinski definition) is 2. The average Bonchev–Trinajstić information content (AvgIpc) is 2.35. The molecule has 0 fully saturated rings. The summed E-state index contributed by atoms with van der Waals surface area (Å²) >= 11 is 0. The van der Waals surface area contributed by atoms with Crippen molar-refractivity contribution >= 4 is 10.9 Å². The van der Waals surface area contributed by atoms with E-state index >= 15 is 0 Å². The summed E-state index contributed by atoms with van der Waals surface area (Å²) in [6.07, 6.45) is 2.24. The van der Waals surface area contributed by atoms with Gasteiger partial charge in [-0.05, 0) is 39.3 Å². The second-order valence-electron chi connectivity index (χ2n) is 4.87. The number of benzene rings is 1. The lowest BCUT2D eigenvalue weighted by molar-refractivity contribution is 0.310. The minimum absolute atomic E-state index is 0.782. The largest absolute Gasteiger partial charge is 0.493 e. The van der Waals surface area contributed by atoms with Crippen LogP contribution in [0, 0.1) is 20.8 Å². The SMILES string of the molecule is CCCCOc1c(C)c(C)nc2ccc(C)cc12. The van der Waals surface area contributed by atoms with Gasteiger partial charge in [-0.1, -0.05) is 25.0 Å². The first kappa shape index (κ1) is 12.9. The molecule has 0 aliphatic carbocycles. The van der Waals surface area contributed by atoms with Gasteiger partial charge in [-0.25, -0.2) is 0 Å². The molecular formula is C16H21NO. The Morgan fingerprint density at radius 2 is 1.94 bits per heavy atom. The molecule has 0 aliphatic rings. The number of ether oxygens (including phenoxy) is 1. The number of hydrogen-bond donors (Lipinski definition) is 0. The zero-order valence-corrected chi connectivity index (χ0v) is 11.7. The highest BCUT2D eigenvalue weighted by Crippen LogP contribution is 2.30. The molecule has 0 spiro atoms. The summed E-state index contributed by atoms with van der Waals surface area (Å²) in [5.41, 5.74) is 4.48. The summed E-state index contributed by atoms with van der Waals surface area (Å²) in [5, 5.41) is 1.13. The number of fused-ring (bicyclic) bond motifs is 1. The van der Waals surface area contributed by atoms with E-state index in [1.165, 1.54) is 5.56 Å². The van der Waals surface area contributed by atoms with Crippen LogP contribution in [0.4, 0.5) is 0 Å². The summed E-state index contributed by atoms with van der Waals surface area (Å²) in [5.74, 6) is 1.01. The second kappa shape index (κ2) is 5.38. The molecule has 0 atom stereocenters. The molecule has 0 N–H and O–H groups in total. The van der Waals surface area contributed by atoms with Crippen LogP contribution in [0.25, 0.3) is 10.9 Å². The first-order valence-corrected chi connectivity index (χ1v) is 6.64. The first-order chi connectivity index (χ1) is 8.63. The molecule has 1 aromatic heterocycles. The Balaban J connectivity index is 2.52. The van der Waals surface area contributed by atoms with Crippen molar-refractivity contribution in [1.29, 1.82) is 0 Å². The van der Waals surface area contributed by atoms with Crippen molar-refractivity contribution in [2.45, 2.75) is 40.5 Å². The van der Waals surface area contributed by atoms with Gasteiger partial charge in [-0.3, -0.25) is 4.98 Å². The predicted octanol–water partition coefficient (Wildman–Crippen LogP) is 4.34. The van der Waals surface area contributed by atoms with Crippen LogP contribution in [0.15, 0.2) is 18.2 Å². The Hall–Kier alpha value is -1.57. The van der Waals surface area contributed by atoms with E-state index in [2.05, 4.69) is 44.0 Å². The van der Waals surface area contributed by atoms with Crippen molar-refractivity contribution < 1.29 is 4.74 Å². The van der Waals surface area contributed by atoms with Gasteiger partial charge < -0.3 is 4.74 Å². The summed E-state index contributed by atoms with van der Waals surface area (Å²) in [7, 11) is 0. The fraction of sp³-hybridized carbons (Fsp3) is 0.438. The molecular weight excluding hydrogens is 222 g/mol. The van der Waals surface area contributed by atoms with Crippen LogP contribution < -0.4 is 4.74 Å². The summed E-state index contributed by atoms with van der Waals surface area (Å²) in [6.45, 7) is 9.19. The predicted molar refractivity (Wildman–Crippen MR) is 76.4 cm³/mol. The molecule has 0 aliphatic heterocycles. The highest BCUT2D eigenvalue weighted by atomic mass is 16.5. The zero-order chi connectivity index (χ0) is 13.1. The van der Waals surface area contributed by atoms with Gasteiger partial charge in [0, 0.05) is 16.6 Å².